The molecule has 0 saturated heterocycles. The maximum atomic E-state index is 12.8. The first-order valence-corrected chi connectivity index (χ1v) is 8.53. The third-order valence-corrected chi connectivity index (χ3v) is 4.63. The highest BCUT2D eigenvalue weighted by atomic mass is 16.5. The van der Waals surface area contributed by atoms with Gasteiger partial charge in [0.25, 0.3) is 5.91 Å². The van der Waals surface area contributed by atoms with E-state index in [9.17, 15) is 4.79 Å². The van der Waals surface area contributed by atoms with E-state index in [1.165, 1.54) is 0 Å². The SMILES string of the molecule is CCOc1ccc([C@H](C)N(C)C(=O)c2nnc3n2CCCC3)cc1. The van der Waals surface area contributed by atoms with Crippen LogP contribution in [0.4, 0.5) is 0 Å². The highest BCUT2D eigenvalue weighted by Crippen LogP contribution is 2.24. The van der Waals surface area contributed by atoms with Gasteiger partial charge in [-0.3, -0.25) is 4.79 Å². The molecule has 1 amide bonds. The predicted octanol–water partition coefficient (Wildman–Crippen LogP) is 2.85. The Balaban J connectivity index is 1.76. The van der Waals surface area contributed by atoms with Gasteiger partial charge in [-0.2, -0.15) is 0 Å². The molecule has 0 unspecified atom stereocenters. The molecule has 1 aromatic heterocycles. The molecule has 1 aliphatic heterocycles. The molecule has 1 aliphatic rings. The van der Waals surface area contributed by atoms with Crippen molar-refractivity contribution in [2.45, 2.75) is 45.7 Å². The van der Waals surface area contributed by atoms with Gasteiger partial charge in [0.05, 0.1) is 12.6 Å². The monoisotopic (exact) mass is 328 g/mol. The van der Waals surface area contributed by atoms with Crippen LogP contribution in [0.15, 0.2) is 24.3 Å². The summed E-state index contributed by atoms with van der Waals surface area (Å²) >= 11 is 0. The summed E-state index contributed by atoms with van der Waals surface area (Å²) in [5.74, 6) is 2.13. The topological polar surface area (TPSA) is 60.2 Å². The molecular formula is C18H24N4O2. The number of rotatable bonds is 5. The minimum absolute atomic E-state index is 0.0512. The van der Waals surface area contributed by atoms with Crippen LogP contribution < -0.4 is 4.74 Å². The van der Waals surface area contributed by atoms with Crippen LogP contribution in [0, 0.1) is 0 Å². The van der Waals surface area contributed by atoms with Gasteiger partial charge in [0.2, 0.25) is 5.82 Å². The molecule has 0 saturated carbocycles. The zero-order valence-electron chi connectivity index (χ0n) is 14.5. The van der Waals surface area contributed by atoms with E-state index in [0.717, 1.165) is 42.9 Å². The summed E-state index contributed by atoms with van der Waals surface area (Å²) in [5.41, 5.74) is 1.06. The van der Waals surface area contributed by atoms with Crippen molar-refractivity contribution in [2.75, 3.05) is 13.7 Å². The number of ether oxygens (including phenoxy) is 1. The highest BCUT2D eigenvalue weighted by Gasteiger charge is 2.26. The van der Waals surface area contributed by atoms with E-state index in [1.807, 2.05) is 49.7 Å². The van der Waals surface area contributed by atoms with E-state index in [2.05, 4.69) is 10.2 Å². The maximum Gasteiger partial charge on any atom is 0.292 e. The van der Waals surface area contributed by atoms with Gasteiger partial charge in [-0.05, 0) is 44.4 Å². The van der Waals surface area contributed by atoms with E-state index in [0.29, 0.717) is 12.4 Å². The second-order valence-electron chi connectivity index (χ2n) is 6.14. The fourth-order valence-corrected chi connectivity index (χ4v) is 3.03. The van der Waals surface area contributed by atoms with Crippen LogP contribution in [0.1, 0.15) is 54.7 Å². The van der Waals surface area contributed by atoms with Gasteiger partial charge in [0, 0.05) is 20.0 Å². The highest BCUT2D eigenvalue weighted by molar-refractivity contribution is 5.90. The Kier molecular flexibility index (Phi) is 4.83. The Morgan fingerprint density at radius 1 is 1.29 bits per heavy atom. The molecule has 0 aliphatic carbocycles. The van der Waals surface area contributed by atoms with Gasteiger partial charge in [0.15, 0.2) is 0 Å². The zero-order chi connectivity index (χ0) is 17.1. The molecule has 3 rings (SSSR count). The number of carbonyl (C=O) groups is 1. The molecule has 2 aromatic rings. The van der Waals surface area contributed by atoms with Crippen LogP contribution in [0.5, 0.6) is 5.75 Å². The number of amides is 1. The van der Waals surface area contributed by atoms with Crippen molar-refractivity contribution in [1.29, 1.82) is 0 Å². The first kappa shape index (κ1) is 16.5. The lowest BCUT2D eigenvalue weighted by atomic mass is 10.1. The molecule has 1 atom stereocenters. The molecule has 0 N–H and O–H groups in total. The maximum absolute atomic E-state index is 12.8. The molecule has 6 heteroatoms. The van der Waals surface area contributed by atoms with Crippen molar-refractivity contribution in [1.82, 2.24) is 19.7 Å². The lowest BCUT2D eigenvalue weighted by molar-refractivity contribution is 0.0723. The molecule has 0 spiro atoms. The summed E-state index contributed by atoms with van der Waals surface area (Å²) in [7, 11) is 1.81. The summed E-state index contributed by atoms with van der Waals surface area (Å²) in [5, 5.41) is 8.31. The van der Waals surface area contributed by atoms with Gasteiger partial charge in [-0.15, -0.1) is 10.2 Å². The van der Waals surface area contributed by atoms with Crippen LogP contribution in [-0.4, -0.2) is 39.2 Å². The Morgan fingerprint density at radius 3 is 2.75 bits per heavy atom. The molecular weight excluding hydrogens is 304 g/mol. The number of carbonyl (C=O) groups excluding carboxylic acids is 1. The summed E-state index contributed by atoms with van der Waals surface area (Å²) in [4.78, 5) is 14.6. The Labute approximate surface area is 142 Å². The zero-order valence-corrected chi connectivity index (χ0v) is 14.5. The first-order valence-electron chi connectivity index (χ1n) is 8.53. The largest absolute Gasteiger partial charge is 0.494 e. The van der Waals surface area contributed by atoms with E-state index in [-0.39, 0.29) is 11.9 Å². The van der Waals surface area contributed by atoms with Crippen molar-refractivity contribution in [2.24, 2.45) is 0 Å². The third-order valence-electron chi connectivity index (χ3n) is 4.63. The number of aryl methyl sites for hydroxylation is 1. The fraction of sp³-hybridized carbons (Fsp3) is 0.500. The molecule has 24 heavy (non-hydrogen) atoms. The van der Waals surface area contributed by atoms with Crippen molar-refractivity contribution in [3.05, 3.63) is 41.5 Å². The van der Waals surface area contributed by atoms with E-state index in [4.69, 9.17) is 4.74 Å². The molecule has 0 bridgehead atoms. The van der Waals surface area contributed by atoms with Crippen LogP contribution >= 0.6 is 0 Å². The van der Waals surface area contributed by atoms with Gasteiger partial charge < -0.3 is 14.2 Å². The lowest BCUT2D eigenvalue weighted by Crippen LogP contribution is -2.32. The Morgan fingerprint density at radius 2 is 2.04 bits per heavy atom. The number of nitrogens with zero attached hydrogens (tertiary/aromatic N) is 4. The number of aromatic nitrogens is 3. The molecule has 0 radical (unpaired) electrons. The summed E-state index contributed by atoms with van der Waals surface area (Å²) in [6.45, 7) is 5.45. The minimum Gasteiger partial charge on any atom is -0.494 e. The second-order valence-corrected chi connectivity index (χ2v) is 6.14. The first-order chi connectivity index (χ1) is 11.6. The van der Waals surface area contributed by atoms with E-state index >= 15 is 0 Å². The smallest absolute Gasteiger partial charge is 0.292 e. The molecule has 6 nitrogen and oxygen atoms in total. The third kappa shape index (κ3) is 3.13. The normalized spacial score (nSPS) is 14.8. The number of hydrogen-bond donors (Lipinski definition) is 0. The number of hydrogen-bond acceptors (Lipinski definition) is 4. The summed E-state index contributed by atoms with van der Waals surface area (Å²) in [6.07, 6.45) is 3.09. The van der Waals surface area contributed by atoms with Crippen molar-refractivity contribution in [3.8, 4) is 5.75 Å². The van der Waals surface area contributed by atoms with E-state index < -0.39 is 0 Å². The number of fused-ring (bicyclic) bond motifs is 1. The predicted molar refractivity (Wildman–Crippen MR) is 91.1 cm³/mol. The van der Waals surface area contributed by atoms with Crippen LogP contribution in [0.2, 0.25) is 0 Å². The van der Waals surface area contributed by atoms with Crippen molar-refractivity contribution in [3.63, 3.8) is 0 Å². The van der Waals surface area contributed by atoms with Gasteiger partial charge in [-0.25, -0.2) is 0 Å². The van der Waals surface area contributed by atoms with Gasteiger partial charge >= 0.3 is 0 Å². The summed E-state index contributed by atoms with van der Waals surface area (Å²) < 4.78 is 7.43. The molecule has 2 heterocycles. The fourth-order valence-electron chi connectivity index (χ4n) is 3.03. The second kappa shape index (κ2) is 7.03. The minimum atomic E-state index is -0.0861. The molecule has 1 aromatic carbocycles. The van der Waals surface area contributed by atoms with Crippen molar-refractivity contribution < 1.29 is 9.53 Å². The molecule has 0 fully saturated rings. The van der Waals surface area contributed by atoms with Crippen LogP contribution in [0.25, 0.3) is 0 Å². The quantitative estimate of drug-likeness (QED) is 0.847. The van der Waals surface area contributed by atoms with E-state index in [1.54, 1.807) is 4.90 Å². The van der Waals surface area contributed by atoms with Gasteiger partial charge in [-0.1, -0.05) is 12.1 Å². The Hall–Kier alpha value is -2.37. The van der Waals surface area contributed by atoms with Crippen LogP contribution in [0.3, 0.4) is 0 Å². The number of benzene rings is 1. The van der Waals surface area contributed by atoms with Crippen molar-refractivity contribution >= 4 is 5.91 Å². The summed E-state index contributed by atoms with van der Waals surface area (Å²) in [6, 6.07) is 7.82. The molecule has 128 valence electrons. The standard InChI is InChI=1S/C18H24N4O2/c1-4-24-15-10-8-14(9-11-15)13(2)21(3)18(23)17-20-19-16-7-5-6-12-22(16)17/h8-11,13H,4-7,12H2,1-3H3/t13-/m0/s1. The average Bonchev–Trinajstić information content (AvgIpc) is 3.05. The van der Waals surface area contributed by atoms with Gasteiger partial charge in [0.1, 0.15) is 11.6 Å². The lowest BCUT2D eigenvalue weighted by Gasteiger charge is -2.25. The Bertz CT molecular complexity index is 708. The average molecular weight is 328 g/mol. The van der Waals surface area contributed by atoms with Crippen LogP contribution in [-0.2, 0) is 13.0 Å².